The molecule has 2 heterocycles. The average Bonchev–Trinajstić information content (AvgIpc) is 3.24. The van der Waals surface area contributed by atoms with Crippen molar-refractivity contribution in [2.45, 2.75) is 19.6 Å². The number of aryl methyl sites for hydroxylation is 1. The molecule has 3 aromatic carbocycles. The number of benzene rings is 3. The van der Waals surface area contributed by atoms with Gasteiger partial charge in [0.15, 0.2) is 0 Å². The second-order valence-electron chi connectivity index (χ2n) is 7.85. The molecule has 0 fully saturated rings. The predicted molar refractivity (Wildman–Crippen MR) is 123 cm³/mol. The predicted octanol–water partition coefficient (Wildman–Crippen LogP) is 7.32. The SMILES string of the molecule is Cc1cnc2c(C(F)(F)F)cccc2c1-c1cccc(NCc2ccc3[nH]ccc3c2)c1. The lowest BCUT2D eigenvalue weighted by atomic mass is 9.95. The van der Waals surface area contributed by atoms with Crippen LogP contribution >= 0.6 is 0 Å². The number of alkyl halides is 3. The van der Waals surface area contributed by atoms with E-state index in [0.717, 1.165) is 44.9 Å². The van der Waals surface area contributed by atoms with Crippen LogP contribution in [0.2, 0.25) is 0 Å². The van der Waals surface area contributed by atoms with Crippen LogP contribution in [0.25, 0.3) is 32.9 Å². The Balaban J connectivity index is 1.50. The molecule has 32 heavy (non-hydrogen) atoms. The van der Waals surface area contributed by atoms with Crippen LogP contribution in [0.15, 0.2) is 79.1 Å². The molecular formula is C26H20F3N3. The zero-order chi connectivity index (χ0) is 22.3. The Morgan fingerprint density at radius 2 is 1.81 bits per heavy atom. The lowest BCUT2D eigenvalue weighted by Crippen LogP contribution is -2.07. The van der Waals surface area contributed by atoms with Crippen molar-refractivity contribution in [1.29, 1.82) is 0 Å². The molecule has 6 heteroatoms. The molecule has 0 saturated heterocycles. The van der Waals surface area contributed by atoms with E-state index in [9.17, 15) is 13.2 Å². The quantitative estimate of drug-likeness (QED) is 0.313. The molecule has 2 N–H and O–H groups in total. The van der Waals surface area contributed by atoms with Crippen LogP contribution in [0.5, 0.6) is 0 Å². The van der Waals surface area contributed by atoms with Crippen molar-refractivity contribution in [2.75, 3.05) is 5.32 Å². The van der Waals surface area contributed by atoms with Gasteiger partial charge in [-0.1, -0.05) is 30.3 Å². The largest absolute Gasteiger partial charge is 0.418 e. The first-order chi connectivity index (χ1) is 15.4. The van der Waals surface area contributed by atoms with Gasteiger partial charge in [0.25, 0.3) is 0 Å². The third kappa shape index (κ3) is 3.68. The Bertz CT molecular complexity index is 1430. The second-order valence-corrected chi connectivity index (χ2v) is 7.85. The first-order valence-electron chi connectivity index (χ1n) is 10.3. The number of hydrogen-bond donors (Lipinski definition) is 2. The molecule has 0 unspecified atom stereocenters. The molecule has 5 aromatic rings. The summed E-state index contributed by atoms with van der Waals surface area (Å²) in [6.07, 6.45) is -1.03. The Morgan fingerprint density at radius 1 is 0.969 bits per heavy atom. The van der Waals surface area contributed by atoms with Crippen LogP contribution in [0.4, 0.5) is 18.9 Å². The van der Waals surface area contributed by atoms with Crippen LogP contribution in [0.1, 0.15) is 16.7 Å². The number of nitrogens with one attached hydrogen (secondary N) is 2. The first-order valence-corrected chi connectivity index (χ1v) is 10.3. The minimum Gasteiger partial charge on any atom is -0.381 e. The summed E-state index contributed by atoms with van der Waals surface area (Å²) in [5, 5.41) is 5.07. The summed E-state index contributed by atoms with van der Waals surface area (Å²) < 4.78 is 40.5. The van der Waals surface area contributed by atoms with Gasteiger partial charge in [-0.3, -0.25) is 4.98 Å². The number of aromatic amines is 1. The minimum absolute atomic E-state index is 0.0289. The van der Waals surface area contributed by atoms with Crippen molar-refractivity contribution in [3.63, 3.8) is 0 Å². The maximum absolute atomic E-state index is 13.5. The molecule has 160 valence electrons. The lowest BCUT2D eigenvalue weighted by Gasteiger charge is -2.15. The first kappa shape index (κ1) is 20.1. The van der Waals surface area contributed by atoms with Gasteiger partial charge in [0.2, 0.25) is 0 Å². The summed E-state index contributed by atoms with van der Waals surface area (Å²) in [5.41, 5.74) is 4.82. The number of fused-ring (bicyclic) bond motifs is 2. The van der Waals surface area contributed by atoms with E-state index in [-0.39, 0.29) is 5.52 Å². The van der Waals surface area contributed by atoms with Crippen LogP contribution in [0.3, 0.4) is 0 Å². The van der Waals surface area contributed by atoms with E-state index in [4.69, 9.17) is 0 Å². The van der Waals surface area contributed by atoms with Crippen molar-refractivity contribution >= 4 is 27.5 Å². The highest BCUT2D eigenvalue weighted by Gasteiger charge is 2.33. The molecule has 0 atom stereocenters. The highest BCUT2D eigenvalue weighted by molar-refractivity contribution is 5.98. The highest BCUT2D eigenvalue weighted by atomic mass is 19.4. The molecule has 0 radical (unpaired) electrons. The molecule has 0 spiro atoms. The second kappa shape index (κ2) is 7.71. The van der Waals surface area contributed by atoms with Gasteiger partial charge in [-0.25, -0.2) is 0 Å². The van der Waals surface area contributed by atoms with Crippen molar-refractivity contribution in [1.82, 2.24) is 9.97 Å². The van der Waals surface area contributed by atoms with Gasteiger partial charge in [-0.05, 0) is 71.0 Å². The van der Waals surface area contributed by atoms with Crippen LogP contribution in [-0.2, 0) is 12.7 Å². The van der Waals surface area contributed by atoms with Gasteiger partial charge in [0.05, 0.1) is 11.1 Å². The van der Waals surface area contributed by atoms with Gasteiger partial charge in [0, 0.05) is 35.5 Å². The van der Waals surface area contributed by atoms with Gasteiger partial charge in [-0.2, -0.15) is 13.2 Å². The van der Waals surface area contributed by atoms with Crippen LogP contribution < -0.4 is 5.32 Å². The zero-order valence-corrected chi connectivity index (χ0v) is 17.3. The lowest BCUT2D eigenvalue weighted by molar-refractivity contribution is -0.136. The van der Waals surface area contributed by atoms with E-state index in [1.807, 2.05) is 49.5 Å². The molecule has 0 aliphatic carbocycles. The number of aromatic nitrogens is 2. The van der Waals surface area contributed by atoms with Crippen molar-refractivity contribution in [3.05, 3.63) is 95.8 Å². The topological polar surface area (TPSA) is 40.7 Å². The monoisotopic (exact) mass is 431 g/mol. The number of halogens is 3. The van der Waals surface area contributed by atoms with Gasteiger partial charge in [0.1, 0.15) is 0 Å². The fourth-order valence-electron chi connectivity index (χ4n) is 4.14. The van der Waals surface area contributed by atoms with E-state index >= 15 is 0 Å². The average molecular weight is 431 g/mol. The summed E-state index contributed by atoms with van der Waals surface area (Å²) in [6, 6.07) is 20.2. The highest BCUT2D eigenvalue weighted by Crippen LogP contribution is 2.38. The summed E-state index contributed by atoms with van der Waals surface area (Å²) >= 11 is 0. The number of hydrogen-bond acceptors (Lipinski definition) is 2. The van der Waals surface area contributed by atoms with Crippen molar-refractivity contribution in [3.8, 4) is 11.1 Å². The van der Waals surface area contributed by atoms with E-state index in [0.29, 0.717) is 11.9 Å². The van der Waals surface area contributed by atoms with E-state index in [2.05, 4.69) is 27.4 Å². The summed E-state index contributed by atoms with van der Waals surface area (Å²) in [7, 11) is 0. The molecule has 0 saturated carbocycles. The normalized spacial score (nSPS) is 11.9. The minimum atomic E-state index is -4.46. The molecule has 0 amide bonds. The fraction of sp³-hybridized carbons (Fsp3) is 0.115. The Kier molecular flexibility index (Phi) is 4.85. The number of nitrogens with zero attached hydrogens (tertiary/aromatic N) is 1. The molecule has 3 nitrogen and oxygen atoms in total. The van der Waals surface area contributed by atoms with Crippen LogP contribution in [-0.4, -0.2) is 9.97 Å². The smallest absolute Gasteiger partial charge is 0.381 e. The van der Waals surface area contributed by atoms with Gasteiger partial charge in [-0.15, -0.1) is 0 Å². The number of H-pyrrole nitrogens is 1. The summed E-state index contributed by atoms with van der Waals surface area (Å²) in [4.78, 5) is 7.30. The van der Waals surface area contributed by atoms with E-state index in [1.165, 1.54) is 12.3 Å². The van der Waals surface area contributed by atoms with E-state index in [1.54, 1.807) is 6.07 Å². The number of rotatable bonds is 4. The standard InChI is InChI=1S/C26H20F3N3/c1-16-14-32-25-21(6-3-7-22(25)26(27,28)29)24(16)19-4-2-5-20(13-19)31-15-17-8-9-23-18(12-17)10-11-30-23/h2-14,30-31H,15H2,1H3. The molecular weight excluding hydrogens is 411 g/mol. The van der Waals surface area contributed by atoms with E-state index < -0.39 is 11.7 Å². The maximum Gasteiger partial charge on any atom is 0.418 e. The molecule has 0 bridgehead atoms. The van der Waals surface area contributed by atoms with Gasteiger partial charge >= 0.3 is 6.18 Å². The van der Waals surface area contributed by atoms with Gasteiger partial charge < -0.3 is 10.3 Å². The Labute approximate surface area is 182 Å². The summed E-state index contributed by atoms with van der Waals surface area (Å²) in [6.45, 7) is 2.51. The summed E-state index contributed by atoms with van der Waals surface area (Å²) in [5.74, 6) is 0. The molecule has 2 aromatic heterocycles. The van der Waals surface area contributed by atoms with Crippen LogP contribution in [0, 0.1) is 6.92 Å². The number of anilines is 1. The fourth-order valence-corrected chi connectivity index (χ4v) is 4.14. The Hall–Kier alpha value is -3.80. The number of para-hydroxylation sites is 1. The van der Waals surface area contributed by atoms with Crippen molar-refractivity contribution < 1.29 is 13.2 Å². The third-order valence-corrected chi connectivity index (χ3v) is 5.66. The molecule has 0 aliphatic rings. The number of pyridine rings is 1. The zero-order valence-electron chi connectivity index (χ0n) is 17.3. The molecule has 0 aliphatic heterocycles. The maximum atomic E-state index is 13.5. The van der Waals surface area contributed by atoms with Crippen molar-refractivity contribution in [2.24, 2.45) is 0 Å². The Morgan fingerprint density at radius 3 is 2.66 bits per heavy atom. The molecule has 5 rings (SSSR count). The third-order valence-electron chi connectivity index (χ3n) is 5.66.